The molecule has 0 saturated heterocycles. The highest BCUT2D eigenvalue weighted by Gasteiger charge is 2.30. The fourth-order valence-electron chi connectivity index (χ4n) is 4.93. The highest BCUT2D eigenvalue weighted by Crippen LogP contribution is 2.36. The third-order valence-corrected chi connectivity index (χ3v) is 8.74. The zero-order chi connectivity index (χ0) is 34.1. The number of carbonyl (C=O) groups is 3. The van der Waals surface area contributed by atoms with Gasteiger partial charge >= 0.3 is 12.1 Å². The lowest BCUT2D eigenvalue weighted by atomic mass is 10.0. The Morgan fingerprint density at radius 2 is 1.62 bits per heavy atom. The Labute approximate surface area is 277 Å². The van der Waals surface area contributed by atoms with Crippen LogP contribution in [0, 0.1) is 0 Å². The van der Waals surface area contributed by atoms with Gasteiger partial charge in [0.05, 0.1) is 10.5 Å². The number of carbonyl (C=O) groups excluding carboxylic acids is 2. The van der Waals surface area contributed by atoms with Gasteiger partial charge in [0, 0.05) is 12.1 Å². The number of aromatic carboxylic acids is 1. The van der Waals surface area contributed by atoms with Gasteiger partial charge in [0.25, 0.3) is 15.9 Å². The van der Waals surface area contributed by atoms with Crippen LogP contribution in [-0.4, -0.2) is 44.8 Å². The molecule has 13 heteroatoms. The number of sulfonamides is 1. The molecular formula is C35H34N2O10S. The van der Waals surface area contributed by atoms with Crippen LogP contribution in [0.1, 0.15) is 52.1 Å². The minimum Gasteiger partial charge on any atom is -0.478 e. The van der Waals surface area contributed by atoms with Crippen LogP contribution in [0.5, 0.6) is 17.2 Å². The summed E-state index contributed by atoms with van der Waals surface area (Å²) in [4.78, 5) is 37.1. The first-order valence-electron chi connectivity index (χ1n) is 15.2. The average molecular weight is 675 g/mol. The van der Waals surface area contributed by atoms with Crippen molar-refractivity contribution in [1.82, 2.24) is 10.0 Å². The molecule has 3 N–H and O–H groups in total. The van der Waals surface area contributed by atoms with Gasteiger partial charge in [0.2, 0.25) is 12.9 Å². The number of ether oxygens (including phenoxy) is 4. The first-order chi connectivity index (χ1) is 23.1. The van der Waals surface area contributed by atoms with Gasteiger partial charge < -0.3 is 29.4 Å². The molecule has 0 saturated carbocycles. The number of aryl methyl sites for hydroxylation is 1. The van der Waals surface area contributed by atoms with Crippen LogP contribution in [0.25, 0.3) is 0 Å². The molecule has 4 aromatic carbocycles. The van der Waals surface area contributed by atoms with Crippen molar-refractivity contribution in [1.29, 1.82) is 0 Å². The molecule has 0 fully saturated rings. The van der Waals surface area contributed by atoms with Gasteiger partial charge in [-0.2, -0.15) is 0 Å². The largest absolute Gasteiger partial charge is 0.478 e. The number of benzene rings is 4. The van der Waals surface area contributed by atoms with E-state index in [1.165, 1.54) is 36.4 Å². The molecule has 1 atom stereocenters. The van der Waals surface area contributed by atoms with E-state index < -0.39 is 34.1 Å². The number of amides is 2. The molecule has 5 rings (SSSR count). The maximum Gasteiger partial charge on any atom is 0.407 e. The van der Waals surface area contributed by atoms with Crippen molar-refractivity contribution < 1.29 is 46.9 Å². The van der Waals surface area contributed by atoms with Gasteiger partial charge in [-0.15, -0.1) is 0 Å². The lowest BCUT2D eigenvalue weighted by Crippen LogP contribution is -2.37. The Hall–Kier alpha value is -5.56. The molecule has 0 aromatic heterocycles. The molecule has 48 heavy (non-hydrogen) atoms. The Bertz CT molecular complexity index is 1880. The van der Waals surface area contributed by atoms with Crippen LogP contribution in [-0.2, 0) is 39.0 Å². The highest BCUT2D eigenvalue weighted by atomic mass is 32.2. The number of carboxylic acids is 1. The topological polar surface area (TPSA) is 167 Å². The summed E-state index contributed by atoms with van der Waals surface area (Å²) in [5.74, 6) is -1.03. The fourth-order valence-corrected chi connectivity index (χ4v) is 5.92. The zero-order valence-electron chi connectivity index (χ0n) is 26.0. The Morgan fingerprint density at radius 1 is 0.875 bits per heavy atom. The summed E-state index contributed by atoms with van der Waals surface area (Å²) in [5.41, 5.74) is 2.51. The summed E-state index contributed by atoms with van der Waals surface area (Å²) in [6.45, 7) is 2.31. The molecule has 250 valence electrons. The van der Waals surface area contributed by atoms with Crippen LogP contribution in [0.15, 0.2) is 95.9 Å². The van der Waals surface area contributed by atoms with Gasteiger partial charge in [-0.25, -0.2) is 22.7 Å². The standard InChI is InChI=1S/C35H34N2O10S/c1-2-6-25-19-27(34(39)40)12-15-29(25)47-32(26-11-16-30-31(20-26)46-22-45-30)33(38)37-48(42,43)28-13-9-23(10-14-28)17-18-36-35(41)44-21-24-7-4-3-5-8-24/h3-5,7-16,19-20,32H,2,6,17-18,21-22H2,1H3,(H,36,41)(H,37,38)(H,39,40). The molecule has 0 bridgehead atoms. The molecule has 4 aromatic rings. The number of hydrogen-bond acceptors (Lipinski definition) is 9. The molecule has 0 aliphatic carbocycles. The van der Waals surface area contributed by atoms with Crippen LogP contribution < -0.4 is 24.2 Å². The number of nitrogens with one attached hydrogen (secondary N) is 2. The van der Waals surface area contributed by atoms with Crippen LogP contribution in [0.2, 0.25) is 0 Å². The van der Waals surface area contributed by atoms with Crippen molar-refractivity contribution in [2.75, 3.05) is 13.3 Å². The summed E-state index contributed by atoms with van der Waals surface area (Å²) in [6.07, 6.45) is -0.485. The van der Waals surface area contributed by atoms with Gasteiger partial charge in [-0.05, 0) is 72.0 Å². The predicted octanol–water partition coefficient (Wildman–Crippen LogP) is 5.16. The lowest BCUT2D eigenvalue weighted by molar-refractivity contribution is -0.126. The second kappa shape index (κ2) is 15.4. The first-order valence-corrected chi connectivity index (χ1v) is 16.6. The molecule has 1 unspecified atom stereocenters. The smallest absolute Gasteiger partial charge is 0.407 e. The number of carboxylic acid groups (broad SMARTS) is 1. The van der Waals surface area contributed by atoms with Crippen molar-refractivity contribution in [2.24, 2.45) is 0 Å². The third-order valence-electron chi connectivity index (χ3n) is 7.37. The first kappa shape index (κ1) is 33.8. The number of hydrogen-bond donors (Lipinski definition) is 3. The SMILES string of the molecule is CCCc1cc(C(=O)O)ccc1OC(C(=O)NS(=O)(=O)c1ccc(CCNC(=O)OCc2ccccc2)cc1)c1ccc2c(c1)OCO2. The van der Waals surface area contributed by atoms with E-state index in [4.69, 9.17) is 18.9 Å². The van der Waals surface area contributed by atoms with E-state index in [2.05, 4.69) is 10.0 Å². The Kier molecular flexibility index (Phi) is 10.8. The molecule has 0 radical (unpaired) electrons. The summed E-state index contributed by atoms with van der Waals surface area (Å²) in [6, 6.07) is 24.1. The fraction of sp³-hybridized carbons (Fsp3) is 0.229. The van der Waals surface area contributed by atoms with Crippen LogP contribution >= 0.6 is 0 Å². The number of rotatable bonds is 14. The molecule has 1 aliphatic rings. The van der Waals surface area contributed by atoms with Crippen LogP contribution in [0.4, 0.5) is 4.79 Å². The molecule has 12 nitrogen and oxygen atoms in total. The summed E-state index contributed by atoms with van der Waals surface area (Å²) in [7, 11) is -4.34. The number of alkyl carbamates (subject to hydrolysis) is 1. The molecule has 1 aliphatic heterocycles. The van der Waals surface area contributed by atoms with Gasteiger partial charge in [0.15, 0.2) is 11.5 Å². The maximum absolute atomic E-state index is 13.7. The average Bonchev–Trinajstić information content (AvgIpc) is 3.55. The van der Waals surface area contributed by atoms with E-state index >= 15 is 0 Å². The normalized spacial score (nSPS) is 12.5. The summed E-state index contributed by atoms with van der Waals surface area (Å²) < 4.78 is 50.9. The second-order valence-corrected chi connectivity index (χ2v) is 12.5. The summed E-state index contributed by atoms with van der Waals surface area (Å²) in [5, 5.41) is 12.1. The van der Waals surface area contributed by atoms with Crippen molar-refractivity contribution >= 4 is 28.0 Å². The van der Waals surface area contributed by atoms with E-state index in [-0.39, 0.29) is 36.2 Å². The maximum atomic E-state index is 13.7. The lowest BCUT2D eigenvalue weighted by Gasteiger charge is -2.21. The highest BCUT2D eigenvalue weighted by molar-refractivity contribution is 7.90. The van der Waals surface area contributed by atoms with E-state index in [0.717, 1.165) is 11.1 Å². The molecule has 1 heterocycles. The minimum atomic E-state index is -4.34. The predicted molar refractivity (Wildman–Crippen MR) is 173 cm³/mol. The zero-order valence-corrected chi connectivity index (χ0v) is 26.8. The Balaban J connectivity index is 1.27. The van der Waals surface area contributed by atoms with Crippen molar-refractivity contribution in [3.8, 4) is 17.2 Å². The van der Waals surface area contributed by atoms with Gasteiger partial charge in [-0.3, -0.25) is 4.79 Å². The van der Waals surface area contributed by atoms with E-state index in [1.807, 2.05) is 37.3 Å². The van der Waals surface area contributed by atoms with E-state index in [0.29, 0.717) is 41.9 Å². The third kappa shape index (κ3) is 8.62. The van der Waals surface area contributed by atoms with Crippen LogP contribution in [0.3, 0.4) is 0 Å². The second-order valence-electron chi connectivity index (χ2n) is 10.8. The summed E-state index contributed by atoms with van der Waals surface area (Å²) >= 11 is 0. The van der Waals surface area contributed by atoms with Gasteiger partial charge in [-0.1, -0.05) is 61.9 Å². The quantitative estimate of drug-likeness (QED) is 0.163. The van der Waals surface area contributed by atoms with Crippen molar-refractivity contribution in [3.05, 3.63) is 119 Å². The van der Waals surface area contributed by atoms with Crippen molar-refractivity contribution in [2.45, 2.75) is 43.8 Å². The molecule has 0 spiro atoms. The Morgan fingerprint density at radius 3 is 2.35 bits per heavy atom. The van der Waals surface area contributed by atoms with Crippen molar-refractivity contribution in [3.63, 3.8) is 0 Å². The minimum absolute atomic E-state index is 0.00735. The molecule has 2 amide bonds. The molecular weight excluding hydrogens is 640 g/mol. The number of fused-ring (bicyclic) bond motifs is 1. The van der Waals surface area contributed by atoms with Gasteiger partial charge in [0.1, 0.15) is 12.4 Å². The van der Waals surface area contributed by atoms with E-state index in [9.17, 15) is 27.9 Å². The monoisotopic (exact) mass is 674 g/mol. The van der Waals surface area contributed by atoms with E-state index in [1.54, 1.807) is 24.3 Å².